The monoisotopic (exact) mass is 222 g/mol. The smallest absolute Gasteiger partial charge is 0.125 e. The Kier molecular flexibility index (Phi) is 5.90. The second kappa shape index (κ2) is 7.25. The largest absolute Gasteiger partial charge is 0.493 e. The van der Waals surface area contributed by atoms with E-state index in [-0.39, 0.29) is 0 Å². The van der Waals surface area contributed by atoms with E-state index in [1.807, 2.05) is 0 Å². The molecule has 0 aromatic heterocycles. The lowest BCUT2D eigenvalue weighted by molar-refractivity contribution is 0.304. The van der Waals surface area contributed by atoms with Crippen LogP contribution in [0.2, 0.25) is 0 Å². The molecule has 0 aliphatic heterocycles. The number of ether oxygens (including phenoxy) is 1. The second-order valence-electron chi connectivity index (χ2n) is 3.96. The fourth-order valence-corrected chi connectivity index (χ4v) is 1.63. The maximum atomic E-state index is 5.78. The van der Waals surface area contributed by atoms with Crippen LogP contribution in [-0.2, 0) is 0 Å². The van der Waals surface area contributed by atoms with Crippen molar-refractivity contribution in [2.75, 3.05) is 26.2 Å². The quantitative estimate of drug-likeness (QED) is 0.689. The zero-order valence-corrected chi connectivity index (χ0v) is 10.3. The minimum absolute atomic E-state index is 0.692. The molecule has 3 N–H and O–H groups in total. The molecule has 0 bridgehead atoms. The fourth-order valence-electron chi connectivity index (χ4n) is 1.63. The van der Waals surface area contributed by atoms with Crippen molar-refractivity contribution >= 4 is 0 Å². The first kappa shape index (κ1) is 13.0. The van der Waals surface area contributed by atoms with Crippen molar-refractivity contribution in [2.24, 2.45) is 5.73 Å². The predicted molar refractivity (Wildman–Crippen MR) is 68.0 cm³/mol. The van der Waals surface area contributed by atoms with E-state index < -0.39 is 0 Å². The number of rotatable bonds is 7. The summed E-state index contributed by atoms with van der Waals surface area (Å²) in [6.07, 6.45) is 1.01. The van der Waals surface area contributed by atoms with Gasteiger partial charge in [-0.05, 0) is 37.9 Å². The molecule has 0 heterocycles. The SMILES string of the molecule is Cc1cccc(C)c1OCCCNCCN. The van der Waals surface area contributed by atoms with Crippen LogP contribution in [0.4, 0.5) is 0 Å². The van der Waals surface area contributed by atoms with Gasteiger partial charge in [-0.25, -0.2) is 0 Å². The molecule has 0 unspecified atom stereocenters. The Labute approximate surface area is 98.0 Å². The van der Waals surface area contributed by atoms with Crippen LogP contribution in [0.5, 0.6) is 5.75 Å². The van der Waals surface area contributed by atoms with Gasteiger partial charge in [-0.2, -0.15) is 0 Å². The van der Waals surface area contributed by atoms with Gasteiger partial charge >= 0.3 is 0 Å². The predicted octanol–water partition coefficient (Wildman–Crippen LogP) is 1.62. The summed E-state index contributed by atoms with van der Waals surface area (Å²) in [6.45, 7) is 7.44. The first-order valence-corrected chi connectivity index (χ1v) is 5.85. The highest BCUT2D eigenvalue weighted by atomic mass is 16.5. The third-order valence-electron chi connectivity index (χ3n) is 2.47. The zero-order chi connectivity index (χ0) is 11.8. The third-order valence-corrected chi connectivity index (χ3v) is 2.47. The van der Waals surface area contributed by atoms with Crippen molar-refractivity contribution in [3.8, 4) is 5.75 Å². The van der Waals surface area contributed by atoms with Crippen LogP contribution in [0.3, 0.4) is 0 Å². The molecule has 1 rings (SSSR count). The number of hydrogen-bond acceptors (Lipinski definition) is 3. The minimum atomic E-state index is 0.692. The third kappa shape index (κ3) is 4.21. The van der Waals surface area contributed by atoms with Gasteiger partial charge in [-0.15, -0.1) is 0 Å². The van der Waals surface area contributed by atoms with E-state index in [0.717, 1.165) is 31.9 Å². The van der Waals surface area contributed by atoms with Gasteiger partial charge in [-0.1, -0.05) is 18.2 Å². The molecule has 1 aromatic rings. The number of nitrogens with two attached hydrogens (primary N) is 1. The number of hydrogen-bond donors (Lipinski definition) is 2. The standard InChI is InChI=1S/C13H22N2O/c1-11-5-3-6-12(2)13(11)16-10-4-8-15-9-7-14/h3,5-6,15H,4,7-10,14H2,1-2H3. The molecular formula is C13H22N2O. The summed E-state index contributed by atoms with van der Waals surface area (Å²) >= 11 is 0. The Hall–Kier alpha value is -1.06. The highest BCUT2D eigenvalue weighted by Crippen LogP contribution is 2.22. The van der Waals surface area contributed by atoms with Crippen molar-refractivity contribution in [2.45, 2.75) is 20.3 Å². The van der Waals surface area contributed by atoms with E-state index in [0.29, 0.717) is 6.54 Å². The normalized spacial score (nSPS) is 10.4. The maximum Gasteiger partial charge on any atom is 0.125 e. The van der Waals surface area contributed by atoms with Crippen LogP contribution < -0.4 is 15.8 Å². The summed E-state index contributed by atoms with van der Waals surface area (Å²) in [5.74, 6) is 1.03. The highest BCUT2D eigenvalue weighted by Gasteiger charge is 2.01. The van der Waals surface area contributed by atoms with Crippen LogP contribution >= 0.6 is 0 Å². The fraction of sp³-hybridized carbons (Fsp3) is 0.538. The molecule has 90 valence electrons. The van der Waals surface area contributed by atoms with Gasteiger partial charge in [0.1, 0.15) is 5.75 Å². The Balaban J connectivity index is 2.26. The van der Waals surface area contributed by atoms with E-state index in [2.05, 4.69) is 37.4 Å². The van der Waals surface area contributed by atoms with Gasteiger partial charge in [0.05, 0.1) is 6.61 Å². The molecule has 16 heavy (non-hydrogen) atoms. The summed E-state index contributed by atoms with van der Waals surface area (Å²) in [5.41, 5.74) is 7.79. The first-order chi connectivity index (χ1) is 7.75. The Morgan fingerprint density at radius 3 is 2.50 bits per heavy atom. The molecule has 3 nitrogen and oxygen atoms in total. The van der Waals surface area contributed by atoms with Crippen LogP contribution in [0, 0.1) is 13.8 Å². The lowest BCUT2D eigenvalue weighted by Crippen LogP contribution is -2.24. The molecule has 0 aliphatic carbocycles. The lowest BCUT2D eigenvalue weighted by atomic mass is 10.1. The van der Waals surface area contributed by atoms with Gasteiger partial charge in [0.15, 0.2) is 0 Å². The second-order valence-corrected chi connectivity index (χ2v) is 3.96. The Morgan fingerprint density at radius 2 is 1.88 bits per heavy atom. The molecule has 1 aromatic carbocycles. The molecule has 0 saturated heterocycles. The topological polar surface area (TPSA) is 47.3 Å². The molecule has 0 saturated carbocycles. The molecule has 3 heteroatoms. The Morgan fingerprint density at radius 1 is 1.19 bits per heavy atom. The summed E-state index contributed by atoms with van der Waals surface area (Å²) < 4.78 is 5.78. The van der Waals surface area contributed by atoms with Gasteiger partial charge in [0.2, 0.25) is 0 Å². The summed E-state index contributed by atoms with van der Waals surface area (Å²) in [5, 5.41) is 3.25. The highest BCUT2D eigenvalue weighted by molar-refractivity contribution is 5.39. The van der Waals surface area contributed by atoms with Crippen molar-refractivity contribution in [1.29, 1.82) is 0 Å². The zero-order valence-electron chi connectivity index (χ0n) is 10.3. The minimum Gasteiger partial charge on any atom is -0.493 e. The summed E-state index contributed by atoms with van der Waals surface area (Å²) in [7, 11) is 0. The van der Waals surface area contributed by atoms with Crippen LogP contribution in [-0.4, -0.2) is 26.2 Å². The molecule has 0 radical (unpaired) electrons. The van der Waals surface area contributed by atoms with E-state index in [4.69, 9.17) is 10.5 Å². The van der Waals surface area contributed by atoms with Crippen molar-refractivity contribution in [3.63, 3.8) is 0 Å². The van der Waals surface area contributed by atoms with E-state index in [1.165, 1.54) is 11.1 Å². The maximum absolute atomic E-state index is 5.78. The molecular weight excluding hydrogens is 200 g/mol. The van der Waals surface area contributed by atoms with E-state index >= 15 is 0 Å². The lowest BCUT2D eigenvalue weighted by Gasteiger charge is -2.11. The van der Waals surface area contributed by atoms with Gasteiger partial charge in [0, 0.05) is 13.1 Å². The molecule has 0 atom stereocenters. The van der Waals surface area contributed by atoms with E-state index in [9.17, 15) is 0 Å². The van der Waals surface area contributed by atoms with Crippen molar-refractivity contribution < 1.29 is 4.74 Å². The van der Waals surface area contributed by atoms with Gasteiger partial charge in [-0.3, -0.25) is 0 Å². The van der Waals surface area contributed by atoms with Crippen LogP contribution in [0.1, 0.15) is 17.5 Å². The molecule has 0 spiro atoms. The summed E-state index contributed by atoms with van der Waals surface area (Å²) in [6, 6.07) is 6.21. The van der Waals surface area contributed by atoms with Crippen molar-refractivity contribution in [3.05, 3.63) is 29.3 Å². The molecule has 0 amide bonds. The molecule has 0 fully saturated rings. The van der Waals surface area contributed by atoms with Gasteiger partial charge in [0.25, 0.3) is 0 Å². The first-order valence-electron chi connectivity index (χ1n) is 5.85. The average Bonchev–Trinajstić information content (AvgIpc) is 2.26. The van der Waals surface area contributed by atoms with Crippen LogP contribution in [0.25, 0.3) is 0 Å². The number of aryl methyl sites for hydroxylation is 2. The Bertz CT molecular complexity index is 293. The van der Waals surface area contributed by atoms with Crippen molar-refractivity contribution in [1.82, 2.24) is 5.32 Å². The average molecular weight is 222 g/mol. The number of nitrogens with one attached hydrogen (secondary N) is 1. The van der Waals surface area contributed by atoms with E-state index in [1.54, 1.807) is 0 Å². The number of para-hydroxylation sites is 1. The van der Waals surface area contributed by atoms with Crippen LogP contribution in [0.15, 0.2) is 18.2 Å². The number of benzene rings is 1. The molecule has 0 aliphatic rings. The summed E-state index contributed by atoms with van der Waals surface area (Å²) in [4.78, 5) is 0. The van der Waals surface area contributed by atoms with Gasteiger partial charge < -0.3 is 15.8 Å².